The van der Waals surface area contributed by atoms with Crippen LogP contribution in [0.3, 0.4) is 0 Å². The van der Waals surface area contributed by atoms with Gasteiger partial charge in [0.15, 0.2) is 0 Å². The van der Waals surface area contributed by atoms with Gasteiger partial charge in [0.05, 0.1) is 0 Å². The highest BCUT2D eigenvalue weighted by Crippen LogP contribution is 2.44. The second-order valence-corrected chi connectivity index (χ2v) is 10.0. The molecule has 0 aliphatic heterocycles. The molecule has 2 aliphatic rings. The van der Waals surface area contributed by atoms with E-state index in [4.69, 9.17) is 0 Å². The molecular weight excluding hydrogens is 422 g/mol. The molecule has 1 nitrogen and oxygen atoms in total. The fourth-order valence-corrected chi connectivity index (χ4v) is 4.84. The number of unbranched alkanes of at least 4 members (excludes halogenated alkanes) is 1. The lowest BCUT2D eigenvalue weighted by Gasteiger charge is -2.25. The monoisotopic (exact) mass is 473 g/mol. The average molecular weight is 474 g/mol. The van der Waals surface area contributed by atoms with E-state index in [0.29, 0.717) is 0 Å². The predicted octanol–water partition coefficient (Wildman–Crippen LogP) is 11.1. The Morgan fingerprint density at radius 1 is 0.914 bits per heavy atom. The Labute approximate surface area is 216 Å². The van der Waals surface area contributed by atoms with Crippen LogP contribution in [0.1, 0.15) is 118 Å². The Hall–Kier alpha value is -2.28. The molecule has 1 heteroatoms. The van der Waals surface area contributed by atoms with Crippen molar-refractivity contribution < 1.29 is 0 Å². The molecule has 0 bridgehead atoms. The first kappa shape index (κ1) is 29.0. The van der Waals surface area contributed by atoms with E-state index >= 15 is 0 Å². The average Bonchev–Trinajstić information content (AvgIpc) is 3.35. The Morgan fingerprint density at radius 3 is 2.06 bits per heavy atom. The summed E-state index contributed by atoms with van der Waals surface area (Å²) in [4.78, 5) is 0. The van der Waals surface area contributed by atoms with E-state index < -0.39 is 0 Å². The zero-order chi connectivity index (χ0) is 25.8. The maximum Gasteiger partial charge on any atom is 0.0488 e. The summed E-state index contributed by atoms with van der Waals surface area (Å²) < 4.78 is 2.49. The quantitative estimate of drug-likeness (QED) is 0.377. The van der Waals surface area contributed by atoms with E-state index in [1.807, 2.05) is 0 Å². The van der Waals surface area contributed by atoms with Crippen molar-refractivity contribution in [1.29, 1.82) is 0 Å². The summed E-state index contributed by atoms with van der Waals surface area (Å²) in [5.41, 5.74) is 12.0. The van der Waals surface area contributed by atoms with Crippen molar-refractivity contribution in [2.24, 2.45) is 0 Å². The molecule has 1 aromatic heterocycles. The number of nitrogens with zero attached hydrogens (tertiary/aromatic N) is 1. The van der Waals surface area contributed by atoms with Gasteiger partial charge in [-0.15, -0.1) is 0 Å². The standard InChI is InChI=1S/C27H33N.C4H10.C3H8/c1-5-11-23(18-22-15-9-12-19(22)3)27(21-13-10-14-21)26-20(4)28(6-2)25-17-8-7-16-24(25)26;1-3-4-2;1-3-2/h7-9,15-18H,5-6,10-14H2,1-4H3;3-4H2,1-2H3;3H2,1-2H3/b23-18+;;. The van der Waals surface area contributed by atoms with Crippen LogP contribution in [0.4, 0.5) is 0 Å². The van der Waals surface area contributed by atoms with Crippen LogP contribution in [0.2, 0.25) is 0 Å². The lowest BCUT2D eigenvalue weighted by Crippen LogP contribution is -2.06. The molecule has 0 saturated heterocycles. The van der Waals surface area contributed by atoms with Gasteiger partial charge in [-0.2, -0.15) is 0 Å². The summed E-state index contributed by atoms with van der Waals surface area (Å²) in [6, 6.07) is 8.98. The first-order valence-corrected chi connectivity index (χ1v) is 14.4. The Balaban J connectivity index is 0.000000551. The van der Waals surface area contributed by atoms with Crippen molar-refractivity contribution in [3.8, 4) is 0 Å². The van der Waals surface area contributed by atoms with Crippen LogP contribution in [0.5, 0.6) is 0 Å². The van der Waals surface area contributed by atoms with Crippen LogP contribution in [-0.4, -0.2) is 4.57 Å². The third-order valence-corrected chi connectivity index (χ3v) is 6.99. The van der Waals surface area contributed by atoms with Crippen molar-refractivity contribution >= 4 is 16.5 Å². The molecule has 0 spiro atoms. The molecule has 1 fully saturated rings. The molecule has 35 heavy (non-hydrogen) atoms. The van der Waals surface area contributed by atoms with Gasteiger partial charge in [-0.05, 0) is 75.7 Å². The van der Waals surface area contributed by atoms with Crippen molar-refractivity contribution in [2.75, 3.05) is 0 Å². The molecule has 0 amide bonds. The van der Waals surface area contributed by atoms with Crippen molar-refractivity contribution in [1.82, 2.24) is 4.57 Å². The van der Waals surface area contributed by atoms with Crippen molar-refractivity contribution in [3.05, 3.63) is 76.0 Å². The molecule has 0 N–H and O–H groups in total. The summed E-state index contributed by atoms with van der Waals surface area (Å²) in [5, 5.41) is 1.42. The number of benzene rings is 1. The molecule has 1 saturated carbocycles. The van der Waals surface area contributed by atoms with Gasteiger partial charge >= 0.3 is 0 Å². The van der Waals surface area contributed by atoms with Crippen LogP contribution in [-0.2, 0) is 6.54 Å². The molecular formula is C34H51N. The first-order valence-electron chi connectivity index (χ1n) is 14.4. The minimum Gasteiger partial charge on any atom is -0.345 e. The summed E-state index contributed by atoms with van der Waals surface area (Å²) in [5.74, 6) is 0. The second kappa shape index (κ2) is 15.0. The van der Waals surface area contributed by atoms with E-state index in [9.17, 15) is 0 Å². The molecule has 0 atom stereocenters. The number of hydrogen-bond donors (Lipinski definition) is 0. The Kier molecular flexibility index (Phi) is 12.4. The smallest absolute Gasteiger partial charge is 0.0488 e. The van der Waals surface area contributed by atoms with Gasteiger partial charge in [-0.1, -0.05) is 108 Å². The minimum atomic E-state index is 1.02. The summed E-state index contributed by atoms with van der Waals surface area (Å²) in [6.07, 6.45) is 18.3. The van der Waals surface area contributed by atoms with Crippen molar-refractivity contribution in [3.63, 3.8) is 0 Å². The lowest BCUT2D eigenvalue weighted by atomic mass is 9.79. The van der Waals surface area contributed by atoms with Gasteiger partial charge in [0.1, 0.15) is 0 Å². The van der Waals surface area contributed by atoms with E-state index in [1.54, 1.807) is 16.7 Å². The van der Waals surface area contributed by atoms with Gasteiger partial charge in [0.25, 0.3) is 0 Å². The molecule has 0 unspecified atom stereocenters. The first-order chi connectivity index (χ1) is 17.0. The molecule has 2 aromatic rings. The number of para-hydroxylation sites is 1. The van der Waals surface area contributed by atoms with Gasteiger partial charge < -0.3 is 4.57 Å². The van der Waals surface area contributed by atoms with E-state index in [1.165, 1.54) is 78.3 Å². The predicted molar refractivity (Wildman–Crippen MR) is 159 cm³/mol. The highest BCUT2D eigenvalue weighted by molar-refractivity contribution is 6.00. The van der Waals surface area contributed by atoms with Crippen LogP contribution in [0.25, 0.3) is 16.5 Å². The maximum atomic E-state index is 2.50. The molecule has 2 aliphatic carbocycles. The topological polar surface area (TPSA) is 4.93 Å². The van der Waals surface area contributed by atoms with Gasteiger partial charge in [-0.25, -0.2) is 0 Å². The van der Waals surface area contributed by atoms with Crippen LogP contribution >= 0.6 is 0 Å². The number of aromatic nitrogens is 1. The number of fused-ring (bicyclic) bond motifs is 1. The SMILES string of the molecule is CCC.CCC/C(=C\C1=C(C)CC=C1)C(=C1CCC1)c1c(C)n(CC)c2ccccc12.CCCC. The summed E-state index contributed by atoms with van der Waals surface area (Å²) in [7, 11) is 0. The van der Waals surface area contributed by atoms with Crippen LogP contribution in [0, 0.1) is 6.92 Å². The minimum absolute atomic E-state index is 1.02. The number of aryl methyl sites for hydroxylation is 1. The summed E-state index contributed by atoms with van der Waals surface area (Å²) in [6.45, 7) is 18.8. The van der Waals surface area contributed by atoms with Gasteiger partial charge in [-0.3, -0.25) is 0 Å². The maximum absolute atomic E-state index is 2.50. The van der Waals surface area contributed by atoms with Gasteiger partial charge in [0, 0.05) is 28.7 Å². The molecule has 1 heterocycles. The highest BCUT2D eigenvalue weighted by atomic mass is 15.0. The number of hydrogen-bond acceptors (Lipinski definition) is 0. The zero-order valence-electron chi connectivity index (χ0n) is 24.1. The van der Waals surface area contributed by atoms with Crippen LogP contribution < -0.4 is 0 Å². The third-order valence-electron chi connectivity index (χ3n) is 6.99. The molecule has 1 aromatic carbocycles. The summed E-state index contributed by atoms with van der Waals surface area (Å²) >= 11 is 0. The molecule has 4 rings (SSSR count). The van der Waals surface area contributed by atoms with Gasteiger partial charge in [0.2, 0.25) is 0 Å². The highest BCUT2D eigenvalue weighted by Gasteiger charge is 2.24. The molecule has 192 valence electrons. The third kappa shape index (κ3) is 7.12. The lowest BCUT2D eigenvalue weighted by molar-refractivity contribution is 0.664. The normalized spacial score (nSPS) is 15.0. The second-order valence-electron chi connectivity index (χ2n) is 10.0. The number of allylic oxidation sites excluding steroid dienone is 8. The Morgan fingerprint density at radius 2 is 1.57 bits per heavy atom. The molecule has 0 radical (unpaired) electrons. The van der Waals surface area contributed by atoms with E-state index in [2.05, 4.69) is 102 Å². The van der Waals surface area contributed by atoms with E-state index in [0.717, 1.165) is 19.4 Å². The Bertz CT molecular complexity index is 1060. The fraction of sp³-hybridized carbons (Fsp3) is 0.529. The number of rotatable bonds is 7. The van der Waals surface area contributed by atoms with E-state index in [-0.39, 0.29) is 0 Å². The zero-order valence-corrected chi connectivity index (χ0v) is 24.1. The fourth-order valence-electron chi connectivity index (χ4n) is 4.84. The van der Waals surface area contributed by atoms with Crippen molar-refractivity contribution in [2.45, 2.75) is 120 Å². The largest absolute Gasteiger partial charge is 0.345 e. The van der Waals surface area contributed by atoms with Crippen LogP contribution in [0.15, 0.2) is 64.8 Å².